The number of sulfonamides is 1. The number of quaternary nitrogens is 1. The molecule has 0 radical (unpaired) electrons. The summed E-state index contributed by atoms with van der Waals surface area (Å²) in [7, 11) is -1.55. The maximum atomic E-state index is 13.1. The number of hydrogen-bond donors (Lipinski definition) is 1. The Labute approximate surface area is 175 Å². The lowest BCUT2D eigenvalue weighted by molar-refractivity contribution is -0.918. The van der Waals surface area contributed by atoms with Crippen molar-refractivity contribution in [1.82, 2.24) is 9.21 Å². The minimum absolute atomic E-state index is 0.132. The molecule has 1 aliphatic carbocycles. The van der Waals surface area contributed by atoms with Gasteiger partial charge in [0.1, 0.15) is 0 Å². The zero-order chi connectivity index (χ0) is 21.2. The van der Waals surface area contributed by atoms with Crippen molar-refractivity contribution in [3.63, 3.8) is 0 Å². The molecule has 1 N–H and O–H groups in total. The first-order chi connectivity index (χ1) is 13.7. The number of aryl methyl sites for hydroxylation is 2. The maximum Gasteiger partial charge on any atom is 0.280 e. The molecular weight excluding hydrogens is 386 g/mol. The molecule has 1 aliphatic heterocycles. The van der Waals surface area contributed by atoms with Crippen molar-refractivity contribution in [1.29, 1.82) is 0 Å². The summed E-state index contributed by atoms with van der Waals surface area (Å²) in [6.45, 7) is 8.04. The van der Waals surface area contributed by atoms with E-state index < -0.39 is 10.0 Å². The summed E-state index contributed by atoms with van der Waals surface area (Å²) in [6, 6.07) is 5.71. The molecule has 0 unspecified atom stereocenters. The van der Waals surface area contributed by atoms with E-state index in [1.54, 1.807) is 10.4 Å². The zero-order valence-electron chi connectivity index (χ0n) is 18.3. The van der Waals surface area contributed by atoms with E-state index in [1.807, 2.05) is 44.9 Å². The van der Waals surface area contributed by atoms with Gasteiger partial charge in [0.25, 0.3) is 5.91 Å². The van der Waals surface area contributed by atoms with Gasteiger partial charge >= 0.3 is 0 Å². The number of nitrogens with one attached hydrogen (secondary N) is 1. The summed E-state index contributed by atoms with van der Waals surface area (Å²) in [5.41, 5.74) is 1.85. The van der Waals surface area contributed by atoms with E-state index >= 15 is 0 Å². The van der Waals surface area contributed by atoms with Crippen LogP contribution in [0.4, 0.5) is 0 Å². The van der Waals surface area contributed by atoms with Gasteiger partial charge in [-0.3, -0.25) is 4.79 Å². The first-order valence-corrected chi connectivity index (χ1v) is 12.3. The Morgan fingerprint density at radius 2 is 1.76 bits per heavy atom. The van der Waals surface area contributed by atoms with E-state index in [-0.39, 0.29) is 11.9 Å². The van der Waals surface area contributed by atoms with Gasteiger partial charge in [0.15, 0.2) is 6.04 Å². The summed E-state index contributed by atoms with van der Waals surface area (Å²) in [5, 5.41) is 0. The Kier molecular flexibility index (Phi) is 7.02. The van der Waals surface area contributed by atoms with Crippen LogP contribution in [0.15, 0.2) is 23.1 Å². The van der Waals surface area contributed by atoms with E-state index in [2.05, 4.69) is 0 Å². The molecular formula is C22H36N3O3S+. The van der Waals surface area contributed by atoms with Crippen LogP contribution in [-0.2, 0) is 14.8 Å². The van der Waals surface area contributed by atoms with Crippen LogP contribution in [0.2, 0.25) is 0 Å². The van der Waals surface area contributed by atoms with Gasteiger partial charge in [0.2, 0.25) is 10.0 Å². The zero-order valence-corrected chi connectivity index (χ0v) is 19.1. The van der Waals surface area contributed by atoms with E-state index in [9.17, 15) is 13.2 Å². The van der Waals surface area contributed by atoms with Crippen LogP contribution < -0.4 is 4.90 Å². The molecule has 0 bridgehead atoms. The van der Waals surface area contributed by atoms with Crippen molar-refractivity contribution in [3.8, 4) is 0 Å². The highest BCUT2D eigenvalue weighted by molar-refractivity contribution is 7.89. The Morgan fingerprint density at radius 3 is 2.34 bits per heavy atom. The number of carbonyl (C=O) groups is 1. The van der Waals surface area contributed by atoms with Crippen LogP contribution in [-0.4, -0.2) is 68.8 Å². The fourth-order valence-electron chi connectivity index (χ4n) is 4.80. The fourth-order valence-corrected chi connectivity index (χ4v) is 6.45. The lowest BCUT2D eigenvalue weighted by atomic mass is 9.94. The third-order valence-corrected chi connectivity index (χ3v) is 8.82. The van der Waals surface area contributed by atoms with Crippen molar-refractivity contribution >= 4 is 15.9 Å². The molecule has 3 rings (SSSR count). The second-order valence-corrected chi connectivity index (χ2v) is 10.7. The minimum atomic E-state index is -3.49. The molecule has 2 fully saturated rings. The van der Waals surface area contributed by atoms with Gasteiger partial charge in [0, 0.05) is 13.1 Å². The van der Waals surface area contributed by atoms with Gasteiger partial charge < -0.3 is 9.80 Å². The van der Waals surface area contributed by atoms with E-state index in [1.165, 1.54) is 24.2 Å². The molecule has 6 nitrogen and oxygen atoms in total. The third kappa shape index (κ3) is 4.84. The van der Waals surface area contributed by atoms with Crippen LogP contribution in [0.1, 0.15) is 50.2 Å². The van der Waals surface area contributed by atoms with E-state index in [4.69, 9.17) is 0 Å². The van der Waals surface area contributed by atoms with Gasteiger partial charge in [-0.2, -0.15) is 4.31 Å². The molecule has 1 amide bonds. The van der Waals surface area contributed by atoms with Crippen LogP contribution in [0.25, 0.3) is 0 Å². The number of hydrogen-bond acceptors (Lipinski definition) is 3. The van der Waals surface area contributed by atoms with Crippen LogP contribution in [0.5, 0.6) is 0 Å². The maximum absolute atomic E-state index is 13.1. The largest absolute Gasteiger partial charge is 0.338 e. The Balaban J connectivity index is 1.61. The Bertz CT molecular complexity index is 826. The fraction of sp³-hybridized carbons (Fsp3) is 0.682. The third-order valence-electron chi connectivity index (χ3n) is 6.77. The Morgan fingerprint density at radius 1 is 1.14 bits per heavy atom. The number of likely N-dealkylation sites (N-methyl/N-ethyl adjacent to an activating group) is 1. The SMILES string of the molecule is Cc1ccc(S(=O)(=O)N2CC[NH+]([C@H](C)C(=O)N(C)C3CCCCC3)CC2)c(C)c1. The quantitative estimate of drug-likeness (QED) is 0.780. The molecule has 162 valence electrons. The summed E-state index contributed by atoms with van der Waals surface area (Å²) in [5.74, 6) is 0.192. The number of nitrogens with zero attached hydrogens (tertiary/aromatic N) is 2. The highest BCUT2D eigenvalue weighted by atomic mass is 32.2. The highest BCUT2D eigenvalue weighted by Gasteiger charge is 2.37. The molecule has 1 atom stereocenters. The normalized spacial score (nSPS) is 21.1. The molecule has 1 heterocycles. The Hall–Kier alpha value is -1.44. The van der Waals surface area contributed by atoms with Gasteiger partial charge in [-0.15, -0.1) is 0 Å². The second-order valence-electron chi connectivity index (χ2n) is 8.79. The van der Waals surface area contributed by atoms with Crippen molar-refractivity contribution in [2.45, 2.75) is 69.9 Å². The standard InChI is InChI=1S/C22H35N3O3S/c1-17-10-11-21(18(2)16-17)29(27,28)25-14-12-24(13-15-25)19(3)22(26)23(4)20-8-6-5-7-9-20/h10-11,16,19-20H,5-9,12-15H2,1-4H3/p+1/t19-/m1/s1. The van der Waals surface area contributed by atoms with Crippen LogP contribution in [0, 0.1) is 13.8 Å². The lowest BCUT2D eigenvalue weighted by Crippen LogP contribution is -3.19. The van der Waals surface area contributed by atoms with Crippen LogP contribution >= 0.6 is 0 Å². The predicted molar refractivity (Wildman–Crippen MR) is 114 cm³/mol. The molecule has 2 aliphatic rings. The number of benzene rings is 1. The summed E-state index contributed by atoms with van der Waals surface area (Å²) in [6.07, 6.45) is 5.89. The van der Waals surface area contributed by atoms with Crippen LogP contribution in [0.3, 0.4) is 0 Å². The minimum Gasteiger partial charge on any atom is -0.338 e. The second kappa shape index (κ2) is 9.14. The van der Waals surface area contributed by atoms with Crippen molar-refractivity contribution < 1.29 is 18.1 Å². The average Bonchev–Trinajstić information content (AvgIpc) is 2.72. The molecule has 1 aromatic rings. The number of rotatable bonds is 5. The van der Waals surface area contributed by atoms with E-state index in [0.29, 0.717) is 37.1 Å². The lowest BCUT2D eigenvalue weighted by Gasteiger charge is -2.37. The average molecular weight is 423 g/mol. The van der Waals surface area contributed by atoms with Gasteiger partial charge in [-0.05, 0) is 45.2 Å². The molecule has 1 saturated carbocycles. The topological polar surface area (TPSA) is 62.1 Å². The number of piperazine rings is 1. The van der Waals surface area contributed by atoms with E-state index in [0.717, 1.165) is 24.0 Å². The van der Waals surface area contributed by atoms with Gasteiger partial charge in [0.05, 0.1) is 31.1 Å². The monoisotopic (exact) mass is 422 g/mol. The van der Waals surface area contributed by atoms with Crippen molar-refractivity contribution in [3.05, 3.63) is 29.3 Å². The van der Waals surface area contributed by atoms with Crippen molar-refractivity contribution in [2.24, 2.45) is 0 Å². The summed E-state index contributed by atoms with van der Waals surface area (Å²) in [4.78, 5) is 16.5. The number of amides is 1. The van der Waals surface area contributed by atoms with Gasteiger partial charge in [-0.25, -0.2) is 8.42 Å². The first-order valence-electron chi connectivity index (χ1n) is 10.9. The molecule has 0 aromatic heterocycles. The highest BCUT2D eigenvalue weighted by Crippen LogP contribution is 2.22. The smallest absolute Gasteiger partial charge is 0.280 e. The van der Waals surface area contributed by atoms with Crippen molar-refractivity contribution in [2.75, 3.05) is 33.2 Å². The molecule has 7 heteroatoms. The molecule has 1 saturated heterocycles. The summed E-state index contributed by atoms with van der Waals surface area (Å²) >= 11 is 0. The molecule has 1 aromatic carbocycles. The van der Waals surface area contributed by atoms with Gasteiger partial charge in [-0.1, -0.05) is 37.0 Å². The molecule has 29 heavy (non-hydrogen) atoms. The first kappa shape index (κ1) is 22.2. The molecule has 0 spiro atoms. The predicted octanol–water partition coefficient (Wildman–Crippen LogP) is 1.37. The summed E-state index contributed by atoms with van der Waals surface area (Å²) < 4.78 is 27.8. The number of carbonyl (C=O) groups excluding carboxylic acids is 1.